The number of halogens is 2. The monoisotopic (exact) mass is 299 g/mol. The topological polar surface area (TPSA) is 46.6 Å². The molecule has 1 aromatic carbocycles. The lowest BCUT2D eigenvalue weighted by Crippen LogP contribution is -2.30. The molecule has 0 saturated carbocycles. The highest BCUT2D eigenvalue weighted by atomic mass is 35.5. The van der Waals surface area contributed by atoms with Crippen molar-refractivity contribution in [3.05, 3.63) is 34.6 Å². The number of likely N-dealkylation sites (tertiary alicyclic amines) is 1. The maximum Gasteiger partial charge on any atom is 0.310 e. The molecule has 2 atom stereocenters. The smallest absolute Gasteiger partial charge is 0.310 e. The van der Waals surface area contributed by atoms with Crippen molar-refractivity contribution in [3.63, 3.8) is 0 Å². The van der Waals surface area contributed by atoms with Gasteiger partial charge in [0.2, 0.25) is 0 Å². The van der Waals surface area contributed by atoms with E-state index >= 15 is 0 Å². The van der Waals surface area contributed by atoms with E-state index in [-0.39, 0.29) is 40.8 Å². The number of hydrogen-bond donors (Lipinski definition) is 0. The largest absolute Gasteiger partial charge is 0.469 e. The lowest BCUT2D eigenvalue weighted by atomic mass is 9.99. The zero-order chi connectivity index (χ0) is 14.9. The molecule has 1 heterocycles. The summed E-state index contributed by atoms with van der Waals surface area (Å²) < 4.78 is 18.1. The van der Waals surface area contributed by atoms with Crippen LogP contribution < -0.4 is 0 Å². The average Bonchev–Trinajstić information content (AvgIpc) is 2.82. The molecule has 0 spiro atoms. The van der Waals surface area contributed by atoms with Gasteiger partial charge in [0.15, 0.2) is 0 Å². The van der Waals surface area contributed by atoms with Crippen molar-refractivity contribution < 1.29 is 18.7 Å². The van der Waals surface area contributed by atoms with Crippen LogP contribution in [0.25, 0.3) is 0 Å². The summed E-state index contributed by atoms with van der Waals surface area (Å²) in [5.74, 6) is -1.58. The van der Waals surface area contributed by atoms with Crippen LogP contribution in [0.1, 0.15) is 17.3 Å². The molecular weight excluding hydrogens is 285 g/mol. The van der Waals surface area contributed by atoms with E-state index in [9.17, 15) is 14.0 Å². The van der Waals surface area contributed by atoms with Gasteiger partial charge in [-0.3, -0.25) is 9.59 Å². The lowest BCUT2D eigenvalue weighted by Gasteiger charge is -2.16. The first-order valence-corrected chi connectivity index (χ1v) is 6.64. The van der Waals surface area contributed by atoms with Gasteiger partial charge in [-0.1, -0.05) is 18.5 Å². The van der Waals surface area contributed by atoms with Crippen molar-refractivity contribution >= 4 is 23.5 Å². The Morgan fingerprint density at radius 1 is 1.40 bits per heavy atom. The normalized spacial score (nSPS) is 21.9. The second kappa shape index (κ2) is 5.79. The minimum atomic E-state index is -0.630. The van der Waals surface area contributed by atoms with Crippen LogP contribution in [0, 0.1) is 17.7 Å². The van der Waals surface area contributed by atoms with Gasteiger partial charge >= 0.3 is 5.97 Å². The lowest BCUT2D eigenvalue weighted by molar-refractivity contribution is -0.146. The highest BCUT2D eigenvalue weighted by molar-refractivity contribution is 6.30. The van der Waals surface area contributed by atoms with E-state index < -0.39 is 5.82 Å². The first-order valence-electron chi connectivity index (χ1n) is 6.26. The van der Waals surface area contributed by atoms with Crippen LogP contribution in [0.5, 0.6) is 0 Å². The second-order valence-electron chi connectivity index (χ2n) is 4.95. The van der Waals surface area contributed by atoms with Crippen LogP contribution in [0.4, 0.5) is 4.39 Å². The van der Waals surface area contributed by atoms with Gasteiger partial charge in [0.25, 0.3) is 5.91 Å². The number of rotatable bonds is 2. The van der Waals surface area contributed by atoms with Crippen LogP contribution in [-0.2, 0) is 9.53 Å². The molecule has 6 heteroatoms. The summed E-state index contributed by atoms with van der Waals surface area (Å²) in [6.45, 7) is 2.62. The highest BCUT2D eigenvalue weighted by Gasteiger charge is 2.37. The third kappa shape index (κ3) is 2.77. The number of carbonyl (C=O) groups excluding carboxylic acids is 2. The third-order valence-corrected chi connectivity index (χ3v) is 3.88. The fourth-order valence-electron chi connectivity index (χ4n) is 2.40. The number of hydrogen-bond acceptors (Lipinski definition) is 3. The van der Waals surface area contributed by atoms with Crippen molar-refractivity contribution in [1.82, 2.24) is 4.90 Å². The number of benzene rings is 1. The molecule has 0 aromatic heterocycles. The Kier molecular flexibility index (Phi) is 4.28. The molecule has 0 bridgehead atoms. The van der Waals surface area contributed by atoms with Gasteiger partial charge in [-0.25, -0.2) is 4.39 Å². The van der Waals surface area contributed by atoms with Gasteiger partial charge in [-0.15, -0.1) is 0 Å². The first-order chi connectivity index (χ1) is 9.43. The number of methoxy groups -OCH3 is 1. The summed E-state index contributed by atoms with van der Waals surface area (Å²) in [6.07, 6.45) is 0. The minimum Gasteiger partial charge on any atom is -0.469 e. The first kappa shape index (κ1) is 14.8. The van der Waals surface area contributed by atoms with E-state index in [2.05, 4.69) is 0 Å². The van der Waals surface area contributed by atoms with Crippen LogP contribution in [0.15, 0.2) is 18.2 Å². The Morgan fingerprint density at radius 2 is 2.10 bits per heavy atom. The Hall–Kier alpha value is -1.62. The SMILES string of the molecule is COC(=O)C1CN(C(=O)c2ccc(Cl)c(F)c2)CC1C. The summed E-state index contributed by atoms with van der Waals surface area (Å²) in [7, 11) is 1.33. The highest BCUT2D eigenvalue weighted by Crippen LogP contribution is 2.26. The molecule has 0 N–H and O–H groups in total. The molecule has 2 rings (SSSR count). The van der Waals surface area contributed by atoms with Gasteiger partial charge in [-0.05, 0) is 24.1 Å². The van der Waals surface area contributed by atoms with Crippen LogP contribution in [0.2, 0.25) is 5.02 Å². The number of amides is 1. The molecule has 1 aromatic rings. The zero-order valence-electron chi connectivity index (χ0n) is 11.2. The molecule has 4 nitrogen and oxygen atoms in total. The Balaban J connectivity index is 2.14. The summed E-state index contributed by atoms with van der Waals surface area (Å²) in [4.78, 5) is 25.4. The van der Waals surface area contributed by atoms with E-state index in [0.717, 1.165) is 6.07 Å². The second-order valence-corrected chi connectivity index (χ2v) is 5.35. The Morgan fingerprint density at radius 3 is 2.70 bits per heavy atom. The molecular formula is C14H15ClFNO3. The third-order valence-electron chi connectivity index (χ3n) is 3.57. The summed E-state index contributed by atoms with van der Waals surface area (Å²) in [6, 6.07) is 3.94. The molecule has 1 fully saturated rings. The summed E-state index contributed by atoms with van der Waals surface area (Å²) >= 11 is 5.59. The average molecular weight is 300 g/mol. The fraction of sp³-hybridized carbons (Fsp3) is 0.429. The number of esters is 1. The molecule has 0 radical (unpaired) electrons. The predicted molar refractivity (Wildman–Crippen MR) is 72.0 cm³/mol. The van der Waals surface area contributed by atoms with Gasteiger partial charge in [0.1, 0.15) is 5.82 Å². The molecule has 1 amide bonds. The van der Waals surface area contributed by atoms with E-state index in [1.165, 1.54) is 24.1 Å². The van der Waals surface area contributed by atoms with Crippen molar-refractivity contribution in [1.29, 1.82) is 0 Å². The molecule has 0 aliphatic carbocycles. The van der Waals surface area contributed by atoms with Crippen molar-refractivity contribution in [2.24, 2.45) is 11.8 Å². The fourth-order valence-corrected chi connectivity index (χ4v) is 2.52. The standard InChI is InChI=1S/C14H15ClFNO3/c1-8-6-17(7-10(8)14(19)20-2)13(18)9-3-4-11(15)12(16)5-9/h3-5,8,10H,6-7H2,1-2H3. The quantitative estimate of drug-likeness (QED) is 0.788. The molecule has 1 saturated heterocycles. The molecule has 1 aliphatic heterocycles. The number of ether oxygens (including phenoxy) is 1. The van der Waals surface area contributed by atoms with E-state index in [1.807, 2.05) is 6.92 Å². The number of nitrogens with zero attached hydrogens (tertiary/aromatic N) is 1. The summed E-state index contributed by atoms with van der Waals surface area (Å²) in [5, 5.41) is -0.0243. The van der Waals surface area contributed by atoms with E-state index in [4.69, 9.17) is 16.3 Å². The van der Waals surface area contributed by atoms with E-state index in [0.29, 0.717) is 6.54 Å². The van der Waals surface area contributed by atoms with Crippen molar-refractivity contribution in [2.45, 2.75) is 6.92 Å². The predicted octanol–water partition coefficient (Wildman–Crippen LogP) is 2.36. The van der Waals surface area contributed by atoms with Gasteiger partial charge in [0, 0.05) is 18.7 Å². The number of carbonyl (C=O) groups is 2. The van der Waals surface area contributed by atoms with Crippen LogP contribution in [0.3, 0.4) is 0 Å². The summed E-state index contributed by atoms with van der Waals surface area (Å²) in [5.41, 5.74) is 0.226. The van der Waals surface area contributed by atoms with Crippen LogP contribution >= 0.6 is 11.6 Å². The minimum absolute atomic E-state index is 0.0172. The van der Waals surface area contributed by atoms with Gasteiger partial charge in [-0.2, -0.15) is 0 Å². The van der Waals surface area contributed by atoms with Gasteiger partial charge in [0.05, 0.1) is 18.1 Å². The van der Waals surface area contributed by atoms with Crippen molar-refractivity contribution in [2.75, 3.05) is 20.2 Å². The van der Waals surface area contributed by atoms with Crippen LogP contribution in [-0.4, -0.2) is 37.0 Å². The molecule has 108 valence electrons. The Bertz CT molecular complexity index is 549. The van der Waals surface area contributed by atoms with E-state index in [1.54, 1.807) is 0 Å². The maximum absolute atomic E-state index is 13.4. The maximum atomic E-state index is 13.4. The van der Waals surface area contributed by atoms with Crippen molar-refractivity contribution in [3.8, 4) is 0 Å². The molecule has 2 unspecified atom stereocenters. The Labute approximate surface area is 121 Å². The zero-order valence-corrected chi connectivity index (χ0v) is 12.0. The molecule has 1 aliphatic rings. The molecule has 20 heavy (non-hydrogen) atoms. The van der Waals surface area contributed by atoms with Gasteiger partial charge < -0.3 is 9.64 Å².